The van der Waals surface area contributed by atoms with Crippen LogP contribution >= 0.6 is 0 Å². The number of hydrogen-bond donors (Lipinski definition) is 3. The van der Waals surface area contributed by atoms with E-state index in [9.17, 15) is 0 Å². The minimum Gasteiger partial charge on any atom is -0.318 e. The maximum Gasteiger partial charge on any atom is 0.0233 e. The standard InChI is InChI=1S/C31H37N3/c1-32-23-30(21-26-12-6-3-7-13-26)34-24-31(33-19-18-25-10-4-2-5-11-25)22-27-16-17-28-14-8-9-15-29(28)20-27/h2-17,20,30-34H,18-19,21-24H2,1H3/t30-,31?/m0/s1. The van der Waals surface area contributed by atoms with E-state index in [1.807, 2.05) is 7.05 Å². The summed E-state index contributed by atoms with van der Waals surface area (Å²) in [4.78, 5) is 0. The molecule has 2 atom stereocenters. The Labute approximate surface area is 204 Å². The highest BCUT2D eigenvalue weighted by molar-refractivity contribution is 5.83. The second-order valence-corrected chi connectivity index (χ2v) is 9.12. The predicted octanol–water partition coefficient (Wildman–Crippen LogP) is 5.00. The first kappa shape index (κ1) is 24.2. The smallest absolute Gasteiger partial charge is 0.0233 e. The monoisotopic (exact) mass is 451 g/mol. The molecule has 0 spiro atoms. The van der Waals surface area contributed by atoms with Crippen LogP contribution in [0.15, 0.2) is 103 Å². The van der Waals surface area contributed by atoms with Gasteiger partial charge >= 0.3 is 0 Å². The molecule has 0 aliphatic rings. The fourth-order valence-corrected chi connectivity index (χ4v) is 4.60. The molecule has 0 amide bonds. The largest absolute Gasteiger partial charge is 0.318 e. The lowest BCUT2D eigenvalue weighted by molar-refractivity contribution is 0.418. The van der Waals surface area contributed by atoms with Gasteiger partial charge in [-0.3, -0.25) is 0 Å². The molecule has 0 bridgehead atoms. The number of benzene rings is 4. The predicted molar refractivity (Wildman–Crippen MR) is 145 cm³/mol. The molecule has 0 radical (unpaired) electrons. The van der Waals surface area contributed by atoms with Crippen LogP contribution in [0.5, 0.6) is 0 Å². The summed E-state index contributed by atoms with van der Waals surface area (Å²) in [5, 5.41) is 13.7. The van der Waals surface area contributed by atoms with Gasteiger partial charge in [0, 0.05) is 25.2 Å². The Bertz CT molecular complexity index is 1110. The SMILES string of the molecule is CNC[C@H](Cc1ccccc1)NCC(Cc1ccc2ccccc2c1)NCCc1ccccc1. The van der Waals surface area contributed by atoms with E-state index < -0.39 is 0 Å². The molecule has 3 N–H and O–H groups in total. The first-order valence-corrected chi connectivity index (χ1v) is 12.5. The van der Waals surface area contributed by atoms with E-state index in [0.717, 1.165) is 38.9 Å². The van der Waals surface area contributed by atoms with E-state index in [1.54, 1.807) is 0 Å². The highest BCUT2D eigenvalue weighted by Crippen LogP contribution is 2.17. The summed E-state index contributed by atoms with van der Waals surface area (Å²) in [6.07, 6.45) is 3.07. The van der Waals surface area contributed by atoms with Gasteiger partial charge in [-0.2, -0.15) is 0 Å². The molecule has 0 aliphatic heterocycles. The van der Waals surface area contributed by atoms with Gasteiger partial charge in [-0.05, 0) is 60.3 Å². The fourth-order valence-electron chi connectivity index (χ4n) is 4.60. The molecule has 4 rings (SSSR count). The Morgan fingerprint density at radius 2 is 1.18 bits per heavy atom. The first-order valence-electron chi connectivity index (χ1n) is 12.5. The van der Waals surface area contributed by atoms with Crippen LogP contribution in [0.1, 0.15) is 16.7 Å². The normalized spacial score (nSPS) is 13.1. The minimum absolute atomic E-state index is 0.361. The first-order chi connectivity index (χ1) is 16.8. The van der Waals surface area contributed by atoms with E-state index in [4.69, 9.17) is 0 Å². The summed E-state index contributed by atoms with van der Waals surface area (Å²) < 4.78 is 0. The lowest BCUT2D eigenvalue weighted by Crippen LogP contribution is -2.47. The molecule has 4 aromatic rings. The lowest BCUT2D eigenvalue weighted by Gasteiger charge is -2.25. The number of rotatable bonds is 13. The van der Waals surface area contributed by atoms with Gasteiger partial charge in [0.15, 0.2) is 0 Å². The molecule has 34 heavy (non-hydrogen) atoms. The highest BCUT2D eigenvalue weighted by Gasteiger charge is 2.14. The van der Waals surface area contributed by atoms with Crippen molar-refractivity contribution >= 4 is 10.8 Å². The van der Waals surface area contributed by atoms with Crippen molar-refractivity contribution in [2.45, 2.75) is 31.3 Å². The lowest BCUT2D eigenvalue weighted by atomic mass is 10.0. The second-order valence-electron chi connectivity index (χ2n) is 9.12. The molecule has 0 fully saturated rings. The summed E-state index contributed by atoms with van der Waals surface area (Å²) >= 11 is 0. The van der Waals surface area contributed by atoms with Crippen LogP contribution in [0.2, 0.25) is 0 Å². The number of hydrogen-bond acceptors (Lipinski definition) is 3. The van der Waals surface area contributed by atoms with Crippen LogP contribution in [0.3, 0.4) is 0 Å². The molecule has 176 valence electrons. The third-order valence-corrected chi connectivity index (χ3v) is 6.41. The average Bonchev–Trinajstić information content (AvgIpc) is 2.88. The second kappa shape index (κ2) is 13.0. The van der Waals surface area contributed by atoms with E-state index in [2.05, 4.69) is 119 Å². The van der Waals surface area contributed by atoms with Crippen molar-refractivity contribution in [3.63, 3.8) is 0 Å². The fraction of sp³-hybridized carbons (Fsp3) is 0.290. The van der Waals surface area contributed by atoms with Gasteiger partial charge < -0.3 is 16.0 Å². The molecule has 0 saturated carbocycles. The summed E-state index contributed by atoms with van der Waals surface area (Å²) in [6, 6.07) is 37.7. The molecule has 4 aromatic carbocycles. The van der Waals surface area contributed by atoms with Gasteiger partial charge in [0.2, 0.25) is 0 Å². The van der Waals surface area contributed by atoms with Crippen molar-refractivity contribution in [3.05, 3.63) is 120 Å². The Balaban J connectivity index is 1.41. The maximum absolute atomic E-state index is 3.85. The van der Waals surface area contributed by atoms with Crippen molar-refractivity contribution < 1.29 is 0 Å². The zero-order chi connectivity index (χ0) is 23.4. The average molecular weight is 452 g/mol. The van der Waals surface area contributed by atoms with Crippen LogP contribution in [-0.4, -0.2) is 38.8 Å². The number of fused-ring (bicyclic) bond motifs is 1. The molecule has 3 heteroatoms. The summed E-state index contributed by atoms with van der Waals surface area (Å²) in [6.45, 7) is 2.85. The summed E-state index contributed by atoms with van der Waals surface area (Å²) in [5.41, 5.74) is 4.13. The molecule has 3 nitrogen and oxygen atoms in total. The van der Waals surface area contributed by atoms with Gasteiger partial charge in [-0.25, -0.2) is 0 Å². The van der Waals surface area contributed by atoms with Crippen molar-refractivity contribution in [3.8, 4) is 0 Å². The number of likely N-dealkylation sites (N-methyl/N-ethyl adjacent to an activating group) is 1. The zero-order valence-corrected chi connectivity index (χ0v) is 20.2. The molecular formula is C31H37N3. The summed E-state index contributed by atoms with van der Waals surface area (Å²) in [5.74, 6) is 0. The van der Waals surface area contributed by atoms with E-state index >= 15 is 0 Å². The number of nitrogens with one attached hydrogen (secondary N) is 3. The molecule has 0 aliphatic carbocycles. The highest BCUT2D eigenvalue weighted by atomic mass is 15.0. The molecule has 0 aromatic heterocycles. The van der Waals surface area contributed by atoms with E-state index in [1.165, 1.54) is 27.5 Å². The van der Waals surface area contributed by atoms with Gasteiger partial charge in [0.1, 0.15) is 0 Å². The van der Waals surface area contributed by atoms with Crippen molar-refractivity contribution in [2.75, 3.05) is 26.7 Å². The van der Waals surface area contributed by atoms with Crippen LogP contribution in [0, 0.1) is 0 Å². The van der Waals surface area contributed by atoms with Crippen LogP contribution in [0.25, 0.3) is 10.8 Å². The third kappa shape index (κ3) is 7.53. The third-order valence-electron chi connectivity index (χ3n) is 6.41. The Kier molecular flexibility index (Phi) is 9.27. The molecule has 0 heterocycles. The van der Waals surface area contributed by atoms with E-state index in [-0.39, 0.29) is 0 Å². The Morgan fingerprint density at radius 1 is 0.559 bits per heavy atom. The summed E-state index contributed by atoms with van der Waals surface area (Å²) in [7, 11) is 2.03. The van der Waals surface area contributed by atoms with Gasteiger partial charge in [0.25, 0.3) is 0 Å². The zero-order valence-electron chi connectivity index (χ0n) is 20.2. The minimum atomic E-state index is 0.361. The Hall–Kier alpha value is -2.98. The quantitative estimate of drug-likeness (QED) is 0.268. The van der Waals surface area contributed by atoms with Gasteiger partial charge in [0.05, 0.1) is 0 Å². The maximum atomic E-state index is 3.85. The van der Waals surface area contributed by atoms with Crippen molar-refractivity contribution in [1.82, 2.24) is 16.0 Å². The van der Waals surface area contributed by atoms with Crippen LogP contribution < -0.4 is 16.0 Å². The van der Waals surface area contributed by atoms with E-state index in [0.29, 0.717) is 12.1 Å². The Morgan fingerprint density at radius 3 is 1.91 bits per heavy atom. The van der Waals surface area contributed by atoms with Crippen LogP contribution in [-0.2, 0) is 19.3 Å². The van der Waals surface area contributed by atoms with Crippen molar-refractivity contribution in [1.29, 1.82) is 0 Å². The van der Waals surface area contributed by atoms with Gasteiger partial charge in [-0.1, -0.05) is 103 Å². The molecule has 0 saturated heterocycles. The van der Waals surface area contributed by atoms with Gasteiger partial charge in [-0.15, -0.1) is 0 Å². The molecular weight excluding hydrogens is 414 g/mol. The molecule has 1 unspecified atom stereocenters. The topological polar surface area (TPSA) is 36.1 Å². The van der Waals surface area contributed by atoms with Crippen LogP contribution in [0.4, 0.5) is 0 Å². The van der Waals surface area contributed by atoms with Crippen molar-refractivity contribution in [2.24, 2.45) is 0 Å².